The second-order valence-electron chi connectivity index (χ2n) is 4.58. The zero-order valence-electron chi connectivity index (χ0n) is 12.4. The van der Waals surface area contributed by atoms with E-state index in [1.807, 2.05) is 35.9 Å². The number of oxime groups is 1. The Hall–Kier alpha value is -2.37. The van der Waals surface area contributed by atoms with Crippen LogP contribution in [0.15, 0.2) is 35.7 Å². The van der Waals surface area contributed by atoms with Gasteiger partial charge in [-0.05, 0) is 25.0 Å². The maximum atomic E-state index is 9.08. The van der Waals surface area contributed by atoms with Crippen LogP contribution in [0.25, 0.3) is 0 Å². The van der Waals surface area contributed by atoms with Gasteiger partial charge in [-0.2, -0.15) is 5.10 Å². The van der Waals surface area contributed by atoms with Crippen LogP contribution in [-0.4, -0.2) is 25.7 Å². The number of aromatic nitrogens is 3. The van der Waals surface area contributed by atoms with Crippen LogP contribution < -0.4 is 4.74 Å². The highest BCUT2D eigenvalue weighted by Crippen LogP contribution is 2.21. The Bertz CT molecular complexity index is 607. The van der Waals surface area contributed by atoms with Crippen molar-refractivity contribution in [1.29, 1.82) is 0 Å². The van der Waals surface area contributed by atoms with Crippen LogP contribution >= 0.6 is 0 Å². The largest absolute Gasteiger partial charge is 0.485 e. The highest BCUT2D eigenvalue weighted by Gasteiger charge is 2.11. The summed E-state index contributed by atoms with van der Waals surface area (Å²) in [6, 6.07) is 7.52. The van der Waals surface area contributed by atoms with Crippen molar-refractivity contribution < 1.29 is 9.94 Å². The van der Waals surface area contributed by atoms with Crippen molar-refractivity contribution in [3.63, 3.8) is 0 Å². The first-order chi connectivity index (χ1) is 10.3. The van der Waals surface area contributed by atoms with Crippen LogP contribution in [0.4, 0.5) is 0 Å². The third kappa shape index (κ3) is 3.59. The van der Waals surface area contributed by atoms with Gasteiger partial charge in [0.15, 0.2) is 5.82 Å². The zero-order valence-corrected chi connectivity index (χ0v) is 12.4. The Labute approximate surface area is 124 Å². The van der Waals surface area contributed by atoms with E-state index in [1.165, 1.54) is 6.33 Å². The van der Waals surface area contributed by atoms with Crippen LogP contribution in [0, 0.1) is 0 Å². The standard InChI is InChI=1S/C15H20N4O2/c1-3-9-19-15(16-11-17-19)10-21-14-8-6-5-7-12(14)13(4-2)18-20/h5-8,11,20H,3-4,9-10H2,1-2H3. The molecule has 112 valence electrons. The summed E-state index contributed by atoms with van der Waals surface area (Å²) in [4.78, 5) is 4.21. The molecule has 0 aliphatic rings. The molecule has 0 unspecified atom stereocenters. The molecular formula is C15H20N4O2. The molecule has 2 rings (SSSR count). The lowest BCUT2D eigenvalue weighted by atomic mass is 10.1. The average Bonchev–Trinajstić information content (AvgIpc) is 2.95. The number of benzene rings is 1. The van der Waals surface area contributed by atoms with Gasteiger partial charge in [0.1, 0.15) is 18.7 Å². The van der Waals surface area contributed by atoms with Crippen LogP contribution in [0.3, 0.4) is 0 Å². The van der Waals surface area contributed by atoms with Gasteiger partial charge in [-0.3, -0.25) is 0 Å². The number of hydrogen-bond donors (Lipinski definition) is 1. The zero-order chi connectivity index (χ0) is 15.1. The van der Waals surface area contributed by atoms with Gasteiger partial charge in [-0.15, -0.1) is 0 Å². The number of ether oxygens (including phenoxy) is 1. The fourth-order valence-electron chi connectivity index (χ4n) is 2.09. The van der Waals surface area contributed by atoms with Gasteiger partial charge >= 0.3 is 0 Å². The fourth-order valence-corrected chi connectivity index (χ4v) is 2.09. The van der Waals surface area contributed by atoms with Crippen LogP contribution in [0.5, 0.6) is 5.75 Å². The lowest BCUT2D eigenvalue weighted by molar-refractivity contribution is 0.284. The normalized spacial score (nSPS) is 11.6. The van der Waals surface area contributed by atoms with E-state index in [0.29, 0.717) is 24.5 Å². The molecule has 0 spiro atoms. The molecule has 0 aliphatic heterocycles. The van der Waals surface area contributed by atoms with Gasteiger partial charge in [0.05, 0.1) is 5.71 Å². The van der Waals surface area contributed by atoms with Crippen molar-refractivity contribution in [2.75, 3.05) is 0 Å². The maximum absolute atomic E-state index is 9.08. The van der Waals surface area contributed by atoms with Crippen LogP contribution in [0.1, 0.15) is 38.1 Å². The minimum absolute atomic E-state index is 0.333. The van der Waals surface area contributed by atoms with Crippen molar-refractivity contribution in [2.24, 2.45) is 5.16 Å². The van der Waals surface area contributed by atoms with Crippen molar-refractivity contribution >= 4 is 5.71 Å². The van der Waals surface area contributed by atoms with E-state index in [1.54, 1.807) is 0 Å². The lowest BCUT2D eigenvalue weighted by Crippen LogP contribution is -2.10. The molecule has 0 radical (unpaired) electrons. The molecule has 0 amide bonds. The van der Waals surface area contributed by atoms with Gasteiger partial charge in [-0.1, -0.05) is 31.1 Å². The van der Waals surface area contributed by atoms with Gasteiger partial charge in [0, 0.05) is 12.1 Å². The minimum atomic E-state index is 0.333. The molecule has 2 aromatic rings. The monoisotopic (exact) mass is 288 g/mol. The quantitative estimate of drug-likeness (QED) is 0.483. The highest BCUT2D eigenvalue weighted by molar-refractivity contribution is 6.02. The molecule has 6 heteroatoms. The second-order valence-corrected chi connectivity index (χ2v) is 4.58. The molecular weight excluding hydrogens is 268 g/mol. The topological polar surface area (TPSA) is 72.5 Å². The molecule has 0 atom stereocenters. The third-order valence-electron chi connectivity index (χ3n) is 3.14. The Balaban J connectivity index is 2.15. The predicted molar refractivity (Wildman–Crippen MR) is 79.7 cm³/mol. The number of hydrogen-bond acceptors (Lipinski definition) is 5. The minimum Gasteiger partial charge on any atom is -0.485 e. The molecule has 0 aliphatic carbocycles. The molecule has 0 saturated heterocycles. The van der Waals surface area contributed by atoms with Crippen molar-refractivity contribution in [1.82, 2.24) is 14.8 Å². The molecule has 0 saturated carbocycles. The maximum Gasteiger partial charge on any atom is 0.164 e. The molecule has 0 fully saturated rings. The average molecular weight is 288 g/mol. The van der Waals surface area contributed by atoms with Crippen LogP contribution in [0.2, 0.25) is 0 Å². The third-order valence-corrected chi connectivity index (χ3v) is 3.14. The van der Waals surface area contributed by atoms with E-state index in [0.717, 1.165) is 24.4 Å². The summed E-state index contributed by atoms with van der Waals surface area (Å²) in [5.74, 6) is 1.46. The van der Waals surface area contributed by atoms with E-state index in [-0.39, 0.29) is 0 Å². The van der Waals surface area contributed by atoms with E-state index in [4.69, 9.17) is 9.94 Å². The van der Waals surface area contributed by atoms with E-state index in [9.17, 15) is 0 Å². The van der Waals surface area contributed by atoms with E-state index < -0.39 is 0 Å². The summed E-state index contributed by atoms with van der Waals surface area (Å²) < 4.78 is 7.67. The highest BCUT2D eigenvalue weighted by atomic mass is 16.5. The van der Waals surface area contributed by atoms with E-state index in [2.05, 4.69) is 22.2 Å². The van der Waals surface area contributed by atoms with Crippen molar-refractivity contribution in [2.45, 2.75) is 39.8 Å². The number of nitrogens with zero attached hydrogens (tertiary/aromatic N) is 4. The summed E-state index contributed by atoms with van der Waals surface area (Å²) in [6.45, 7) is 5.18. The Morgan fingerprint density at radius 2 is 2.14 bits per heavy atom. The van der Waals surface area contributed by atoms with Gasteiger partial charge < -0.3 is 9.94 Å². The van der Waals surface area contributed by atoms with Gasteiger partial charge in [-0.25, -0.2) is 9.67 Å². The predicted octanol–water partition coefficient (Wildman–Crippen LogP) is 2.86. The first-order valence-corrected chi connectivity index (χ1v) is 7.09. The Morgan fingerprint density at radius 1 is 1.33 bits per heavy atom. The lowest BCUT2D eigenvalue weighted by Gasteiger charge is -2.11. The van der Waals surface area contributed by atoms with Crippen molar-refractivity contribution in [3.05, 3.63) is 42.0 Å². The summed E-state index contributed by atoms with van der Waals surface area (Å²) in [5.41, 5.74) is 1.39. The number of rotatable bonds is 7. The van der Waals surface area contributed by atoms with Crippen molar-refractivity contribution in [3.8, 4) is 5.75 Å². The van der Waals surface area contributed by atoms with Gasteiger partial charge in [0.2, 0.25) is 0 Å². The molecule has 1 heterocycles. The Kier molecular flexibility index (Phi) is 5.31. The number of para-hydroxylation sites is 1. The first kappa shape index (κ1) is 15.0. The smallest absolute Gasteiger partial charge is 0.164 e. The second kappa shape index (κ2) is 7.42. The summed E-state index contributed by atoms with van der Waals surface area (Å²) >= 11 is 0. The summed E-state index contributed by atoms with van der Waals surface area (Å²) in [7, 11) is 0. The SMILES string of the molecule is CCCn1ncnc1COc1ccccc1C(CC)=NO. The molecule has 6 nitrogen and oxygen atoms in total. The Morgan fingerprint density at radius 3 is 2.86 bits per heavy atom. The molecule has 21 heavy (non-hydrogen) atoms. The number of aryl methyl sites for hydroxylation is 1. The summed E-state index contributed by atoms with van der Waals surface area (Å²) in [5, 5.41) is 16.6. The summed E-state index contributed by atoms with van der Waals surface area (Å²) in [6.07, 6.45) is 3.15. The van der Waals surface area contributed by atoms with Gasteiger partial charge in [0.25, 0.3) is 0 Å². The van der Waals surface area contributed by atoms with E-state index >= 15 is 0 Å². The fraction of sp³-hybridized carbons (Fsp3) is 0.400. The molecule has 0 bridgehead atoms. The van der Waals surface area contributed by atoms with Crippen LogP contribution in [-0.2, 0) is 13.2 Å². The molecule has 1 aromatic carbocycles. The first-order valence-electron chi connectivity index (χ1n) is 7.09. The molecule has 1 N–H and O–H groups in total. The molecule has 1 aromatic heterocycles.